The van der Waals surface area contributed by atoms with Crippen LogP contribution in [-0.4, -0.2) is 56.8 Å². The minimum absolute atomic E-state index is 0.214. The van der Waals surface area contributed by atoms with Crippen LogP contribution in [0.25, 0.3) is 0 Å². The maximum Gasteiger partial charge on any atom is 0.327 e. The van der Waals surface area contributed by atoms with E-state index in [-0.39, 0.29) is 12.8 Å². The third-order valence-electron chi connectivity index (χ3n) is 3.81. The molecule has 4 unspecified atom stereocenters. The van der Waals surface area contributed by atoms with Crippen molar-refractivity contribution in [1.29, 1.82) is 0 Å². The molecule has 0 aromatic heterocycles. The van der Waals surface area contributed by atoms with E-state index >= 15 is 0 Å². The Morgan fingerprint density at radius 1 is 0.864 bits per heavy atom. The molecule has 22 heavy (non-hydrogen) atoms. The van der Waals surface area contributed by atoms with Crippen molar-refractivity contribution in [2.24, 2.45) is 22.9 Å². The molecule has 4 atom stereocenters. The second-order valence-corrected chi connectivity index (χ2v) is 6.49. The van der Waals surface area contributed by atoms with Gasteiger partial charge in [0.05, 0.1) is 0 Å². The van der Waals surface area contributed by atoms with Crippen LogP contribution in [0.5, 0.6) is 0 Å². The molecular formula is C12H26N4O4S2. The van der Waals surface area contributed by atoms with Gasteiger partial charge < -0.3 is 33.1 Å². The van der Waals surface area contributed by atoms with Gasteiger partial charge >= 0.3 is 11.9 Å². The highest BCUT2D eigenvalue weighted by atomic mass is 32.1. The zero-order chi connectivity index (χ0) is 17.6. The summed E-state index contributed by atoms with van der Waals surface area (Å²) in [6.07, 6.45) is 1.31. The lowest BCUT2D eigenvalue weighted by molar-refractivity contribution is -0.157. The van der Waals surface area contributed by atoms with Crippen molar-refractivity contribution >= 4 is 37.2 Å². The number of hydrogen-bond donors (Lipinski definition) is 8. The van der Waals surface area contributed by atoms with Gasteiger partial charge in [0.15, 0.2) is 11.1 Å². The molecule has 0 saturated carbocycles. The summed E-state index contributed by atoms with van der Waals surface area (Å²) in [7, 11) is 0. The summed E-state index contributed by atoms with van der Waals surface area (Å²) >= 11 is 8.39. The van der Waals surface area contributed by atoms with E-state index in [4.69, 9.17) is 22.9 Å². The molecule has 0 aromatic rings. The maximum atomic E-state index is 11.7. The molecule has 0 aliphatic rings. The maximum absolute atomic E-state index is 11.7. The van der Waals surface area contributed by atoms with Crippen LogP contribution in [-0.2, 0) is 9.59 Å². The van der Waals surface area contributed by atoms with Crippen molar-refractivity contribution in [2.75, 3.05) is 13.1 Å². The number of nitrogens with two attached hydrogens (primary N) is 4. The van der Waals surface area contributed by atoms with E-state index in [1.165, 1.54) is 0 Å². The molecule has 0 aliphatic heterocycles. The van der Waals surface area contributed by atoms with Gasteiger partial charge in [-0.15, -0.1) is 0 Å². The Labute approximate surface area is 140 Å². The number of aliphatic carboxylic acids is 2. The van der Waals surface area contributed by atoms with Crippen LogP contribution < -0.4 is 22.9 Å². The largest absolute Gasteiger partial charge is 0.480 e. The monoisotopic (exact) mass is 354 g/mol. The van der Waals surface area contributed by atoms with Gasteiger partial charge in [0.2, 0.25) is 0 Å². The van der Waals surface area contributed by atoms with Gasteiger partial charge in [0.1, 0.15) is 0 Å². The van der Waals surface area contributed by atoms with E-state index in [0.29, 0.717) is 25.9 Å². The van der Waals surface area contributed by atoms with E-state index in [2.05, 4.69) is 25.3 Å². The first kappa shape index (κ1) is 21.5. The Bertz CT molecular complexity index is 365. The molecular weight excluding hydrogens is 328 g/mol. The number of rotatable bonds is 11. The SMILES string of the molecule is NCCCC(S)C(N)(C(=O)O)C(N)(C(=O)O)C(S)CCCN. The number of carbonyl (C=O) groups is 2. The molecule has 0 saturated heterocycles. The standard InChI is InChI=1S/C12H26N4O4S2/c13-5-1-3-7(21)11(15,9(17)18)12(16,10(19)20)8(22)4-2-6-14/h7-8,21-22H,1-6,13-16H2,(H,17,18)(H,19,20). The van der Waals surface area contributed by atoms with Crippen LogP contribution in [0, 0.1) is 0 Å². The summed E-state index contributed by atoms with van der Waals surface area (Å²) in [5.41, 5.74) is 18.1. The lowest BCUT2D eigenvalue weighted by Crippen LogP contribution is -2.80. The zero-order valence-electron chi connectivity index (χ0n) is 12.3. The van der Waals surface area contributed by atoms with Crippen LogP contribution in [0.2, 0.25) is 0 Å². The van der Waals surface area contributed by atoms with Crippen LogP contribution in [0.1, 0.15) is 25.7 Å². The summed E-state index contributed by atoms with van der Waals surface area (Å²) < 4.78 is 0. The van der Waals surface area contributed by atoms with Gasteiger partial charge in [0.25, 0.3) is 0 Å². The predicted molar refractivity (Wildman–Crippen MR) is 91.2 cm³/mol. The molecule has 10 heteroatoms. The second-order valence-electron chi connectivity index (χ2n) is 5.24. The lowest BCUT2D eigenvalue weighted by atomic mass is 9.71. The Hall–Kier alpha value is -0.520. The van der Waals surface area contributed by atoms with Crippen molar-refractivity contribution in [2.45, 2.75) is 47.3 Å². The highest BCUT2D eigenvalue weighted by Gasteiger charge is 2.63. The van der Waals surface area contributed by atoms with Crippen molar-refractivity contribution < 1.29 is 19.8 Å². The van der Waals surface area contributed by atoms with E-state index < -0.39 is 33.5 Å². The van der Waals surface area contributed by atoms with Gasteiger partial charge in [0, 0.05) is 10.5 Å². The molecule has 0 aromatic carbocycles. The van der Waals surface area contributed by atoms with E-state index in [1.807, 2.05) is 0 Å². The molecule has 0 radical (unpaired) electrons. The number of carboxylic acid groups (broad SMARTS) is 2. The molecule has 0 amide bonds. The summed E-state index contributed by atoms with van der Waals surface area (Å²) in [6.45, 7) is 0.601. The molecule has 0 aliphatic carbocycles. The third-order valence-corrected chi connectivity index (χ3v) is 5.14. The fourth-order valence-electron chi connectivity index (χ4n) is 2.27. The number of carboxylic acids is 2. The minimum atomic E-state index is -2.31. The van der Waals surface area contributed by atoms with Crippen LogP contribution in [0.3, 0.4) is 0 Å². The Balaban J connectivity index is 5.79. The highest BCUT2D eigenvalue weighted by Crippen LogP contribution is 2.35. The predicted octanol–water partition coefficient (Wildman–Crippen LogP) is -1.37. The van der Waals surface area contributed by atoms with Gasteiger partial charge in [-0.3, -0.25) is 9.59 Å². The van der Waals surface area contributed by atoms with Gasteiger partial charge in [-0.2, -0.15) is 25.3 Å². The van der Waals surface area contributed by atoms with E-state index in [0.717, 1.165) is 0 Å². The molecule has 0 rings (SSSR count). The molecule has 0 spiro atoms. The third kappa shape index (κ3) is 4.06. The highest BCUT2D eigenvalue weighted by molar-refractivity contribution is 7.81. The van der Waals surface area contributed by atoms with Crippen LogP contribution in [0.4, 0.5) is 0 Å². The van der Waals surface area contributed by atoms with Gasteiger partial charge in [-0.1, -0.05) is 0 Å². The van der Waals surface area contributed by atoms with E-state index in [1.54, 1.807) is 0 Å². The molecule has 130 valence electrons. The summed E-state index contributed by atoms with van der Waals surface area (Å²) in [6, 6.07) is 0. The average molecular weight is 354 g/mol. The number of hydrogen-bond acceptors (Lipinski definition) is 8. The van der Waals surface area contributed by atoms with Crippen molar-refractivity contribution in [3.05, 3.63) is 0 Å². The van der Waals surface area contributed by atoms with Crippen LogP contribution in [0.15, 0.2) is 0 Å². The Kier molecular flexibility index (Phi) is 8.73. The summed E-state index contributed by atoms with van der Waals surface area (Å²) in [5, 5.41) is 17.1. The van der Waals surface area contributed by atoms with Crippen LogP contribution >= 0.6 is 25.3 Å². The van der Waals surface area contributed by atoms with Gasteiger partial charge in [-0.25, -0.2) is 0 Å². The van der Waals surface area contributed by atoms with Crippen molar-refractivity contribution in [1.82, 2.24) is 0 Å². The fourth-order valence-corrected chi connectivity index (χ4v) is 3.28. The average Bonchev–Trinajstić information content (AvgIpc) is 2.47. The van der Waals surface area contributed by atoms with Crippen molar-refractivity contribution in [3.8, 4) is 0 Å². The Morgan fingerprint density at radius 3 is 1.32 bits per heavy atom. The molecule has 10 N–H and O–H groups in total. The quantitative estimate of drug-likeness (QED) is 0.209. The summed E-state index contributed by atoms with van der Waals surface area (Å²) in [4.78, 5) is 23.5. The van der Waals surface area contributed by atoms with Crippen molar-refractivity contribution in [3.63, 3.8) is 0 Å². The first-order valence-corrected chi connectivity index (χ1v) is 7.94. The first-order chi connectivity index (χ1) is 10.1. The zero-order valence-corrected chi connectivity index (χ0v) is 14.1. The van der Waals surface area contributed by atoms with E-state index in [9.17, 15) is 19.8 Å². The number of thiol groups is 2. The normalized spacial score (nSPS) is 19.7. The van der Waals surface area contributed by atoms with Gasteiger partial charge in [-0.05, 0) is 38.8 Å². The molecule has 0 fully saturated rings. The molecule has 0 bridgehead atoms. The Morgan fingerprint density at radius 2 is 1.14 bits per heavy atom. The lowest BCUT2D eigenvalue weighted by Gasteiger charge is -2.45. The molecule has 8 nitrogen and oxygen atoms in total. The smallest absolute Gasteiger partial charge is 0.327 e. The summed E-state index contributed by atoms with van der Waals surface area (Å²) in [5.74, 6) is -3.08. The first-order valence-electron chi connectivity index (χ1n) is 6.91. The molecule has 0 heterocycles. The second kappa shape index (κ2) is 8.94. The topological polar surface area (TPSA) is 179 Å². The minimum Gasteiger partial charge on any atom is -0.480 e. The fraction of sp³-hybridized carbons (Fsp3) is 0.833.